The van der Waals surface area contributed by atoms with Crippen LogP contribution in [0, 0.1) is 5.21 Å². The molecule has 8 heteroatoms. The number of halogens is 3. The topological polar surface area (TPSA) is 65.3 Å². The standard InChI is InChI=1S/C14H11F3N2O3/c15-14(16,17)22-12-4-2-1-3-11(12)9-18-13(20)10-5-7-19(21)8-6-10/h1-8H,9H2,(H,18,20). The minimum atomic E-state index is -4.80. The van der Waals surface area contributed by atoms with Crippen molar-refractivity contribution in [1.82, 2.24) is 5.32 Å². The highest BCUT2D eigenvalue weighted by Crippen LogP contribution is 2.26. The van der Waals surface area contributed by atoms with Gasteiger partial charge in [0, 0.05) is 24.2 Å². The third kappa shape index (κ3) is 4.37. The lowest BCUT2D eigenvalue weighted by Crippen LogP contribution is -2.27. The van der Waals surface area contributed by atoms with E-state index in [0.717, 1.165) is 18.5 Å². The van der Waals surface area contributed by atoms with E-state index in [9.17, 15) is 23.2 Å². The highest BCUT2D eigenvalue weighted by molar-refractivity contribution is 5.93. The van der Waals surface area contributed by atoms with E-state index < -0.39 is 12.3 Å². The lowest BCUT2D eigenvalue weighted by atomic mass is 10.2. The van der Waals surface area contributed by atoms with Gasteiger partial charge in [-0.3, -0.25) is 4.79 Å². The molecular weight excluding hydrogens is 301 g/mol. The monoisotopic (exact) mass is 312 g/mol. The molecule has 1 amide bonds. The normalized spacial score (nSPS) is 11.0. The first-order chi connectivity index (χ1) is 10.3. The number of nitrogens with one attached hydrogen (secondary N) is 1. The Morgan fingerprint density at radius 2 is 1.82 bits per heavy atom. The van der Waals surface area contributed by atoms with E-state index in [-0.39, 0.29) is 23.4 Å². The molecule has 2 rings (SSSR count). The highest BCUT2D eigenvalue weighted by atomic mass is 19.4. The summed E-state index contributed by atoms with van der Waals surface area (Å²) in [6.45, 7) is -0.142. The SMILES string of the molecule is O=C(NCc1ccccc1OC(F)(F)F)c1cc[n+]([O-])cc1. The minimum Gasteiger partial charge on any atom is -0.619 e. The quantitative estimate of drug-likeness (QED) is 0.695. The van der Waals surface area contributed by atoms with E-state index in [0.29, 0.717) is 4.73 Å². The molecule has 1 N–H and O–H groups in total. The van der Waals surface area contributed by atoms with Gasteiger partial charge in [-0.25, -0.2) is 0 Å². The molecule has 0 atom stereocenters. The summed E-state index contributed by atoms with van der Waals surface area (Å²) in [6, 6.07) is 8.13. The first-order valence-corrected chi connectivity index (χ1v) is 6.16. The van der Waals surface area contributed by atoms with Crippen LogP contribution in [0.5, 0.6) is 5.75 Å². The molecule has 0 bridgehead atoms. The van der Waals surface area contributed by atoms with E-state index in [1.165, 1.54) is 30.3 Å². The van der Waals surface area contributed by atoms with Crippen LogP contribution >= 0.6 is 0 Å². The van der Waals surface area contributed by atoms with Crippen molar-refractivity contribution < 1.29 is 27.4 Å². The first kappa shape index (κ1) is 15.6. The Morgan fingerprint density at radius 3 is 2.45 bits per heavy atom. The van der Waals surface area contributed by atoms with E-state index in [1.807, 2.05) is 0 Å². The van der Waals surface area contributed by atoms with Crippen LogP contribution < -0.4 is 14.8 Å². The Morgan fingerprint density at radius 1 is 1.18 bits per heavy atom. The third-order valence-corrected chi connectivity index (χ3v) is 2.70. The zero-order chi connectivity index (χ0) is 16.2. The van der Waals surface area contributed by atoms with Gasteiger partial charge in [0.05, 0.1) is 5.56 Å². The molecule has 116 valence electrons. The van der Waals surface area contributed by atoms with Gasteiger partial charge in [0.25, 0.3) is 5.91 Å². The van der Waals surface area contributed by atoms with Crippen LogP contribution in [0.3, 0.4) is 0 Å². The van der Waals surface area contributed by atoms with Crippen molar-refractivity contribution in [2.24, 2.45) is 0 Å². The van der Waals surface area contributed by atoms with Crippen molar-refractivity contribution in [3.63, 3.8) is 0 Å². The summed E-state index contributed by atoms with van der Waals surface area (Å²) in [4.78, 5) is 11.8. The predicted octanol–water partition coefficient (Wildman–Crippen LogP) is 2.15. The molecule has 22 heavy (non-hydrogen) atoms. The Hall–Kier alpha value is -2.77. The Labute approximate surface area is 123 Å². The van der Waals surface area contributed by atoms with Gasteiger partial charge in [-0.05, 0) is 6.07 Å². The van der Waals surface area contributed by atoms with Crippen LogP contribution in [0.25, 0.3) is 0 Å². The highest BCUT2D eigenvalue weighted by Gasteiger charge is 2.31. The molecule has 0 spiro atoms. The fraction of sp³-hybridized carbons (Fsp3) is 0.143. The van der Waals surface area contributed by atoms with Crippen molar-refractivity contribution in [3.8, 4) is 5.75 Å². The molecule has 0 aliphatic heterocycles. The number of hydrogen-bond donors (Lipinski definition) is 1. The molecule has 0 saturated heterocycles. The van der Waals surface area contributed by atoms with Gasteiger partial charge in [0.2, 0.25) is 0 Å². The van der Waals surface area contributed by atoms with Gasteiger partial charge in [-0.2, -0.15) is 4.73 Å². The van der Waals surface area contributed by atoms with Crippen LogP contribution in [0.4, 0.5) is 13.2 Å². The summed E-state index contributed by atoms with van der Waals surface area (Å²) in [7, 11) is 0. The smallest absolute Gasteiger partial charge is 0.573 e. The largest absolute Gasteiger partial charge is 0.619 e. The summed E-state index contributed by atoms with van der Waals surface area (Å²) in [5, 5.41) is 13.3. The molecule has 0 unspecified atom stereocenters. The predicted molar refractivity (Wildman–Crippen MR) is 69.7 cm³/mol. The molecule has 2 aromatic rings. The Bertz CT molecular complexity index is 657. The number of carbonyl (C=O) groups is 1. The summed E-state index contributed by atoms with van der Waals surface area (Å²) >= 11 is 0. The summed E-state index contributed by atoms with van der Waals surface area (Å²) < 4.78 is 41.3. The molecule has 0 radical (unpaired) electrons. The molecule has 0 fully saturated rings. The van der Waals surface area contributed by atoms with E-state index in [4.69, 9.17) is 0 Å². The van der Waals surface area contributed by atoms with Crippen molar-refractivity contribution in [2.45, 2.75) is 12.9 Å². The molecule has 0 aliphatic carbocycles. The number of pyridine rings is 1. The number of nitrogens with zero attached hydrogens (tertiary/aromatic N) is 1. The van der Waals surface area contributed by atoms with Gasteiger partial charge in [0.15, 0.2) is 12.4 Å². The number of hydrogen-bond acceptors (Lipinski definition) is 3. The number of para-hydroxylation sites is 1. The van der Waals surface area contributed by atoms with E-state index >= 15 is 0 Å². The lowest BCUT2D eigenvalue weighted by Gasteiger charge is -2.13. The van der Waals surface area contributed by atoms with Gasteiger partial charge >= 0.3 is 6.36 Å². The Kier molecular flexibility index (Phi) is 4.50. The average molecular weight is 312 g/mol. The number of benzene rings is 1. The molecule has 0 aliphatic rings. The maximum Gasteiger partial charge on any atom is 0.573 e. The number of amides is 1. The van der Waals surface area contributed by atoms with Crippen LogP contribution in [-0.4, -0.2) is 12.3 Å². The van der Waals surface area contributed by atoms with Crippen molar-refractivity contribution in [1.29, 1.82) is 0 Å². The molecule has 1 aromatic heterocycles. The number of rotatable bonds is 4. The zero-order valence-electron chi connectivity index (χ0n) is 11.1. The molecule has 1 aromatic carbocycles. The molecule has 5 nitrogen and oxygen atoms in total. The van der Waals surface area contributed by atoms with E-state index in [2.05, 4.69) is 10.1 Å². The maximum atomic E-state index is 12.3. The van der Waals surface area contributed by atoms with Gasteiger partial charge in [-0.15, -0.1) is 13.2 Å². The van der Waals surface area contributed by atoms with Gasteiger partial charge in [0.1, 0.15) is 5.75 Å². The number of carbonyl (C=O) groups excluding carboxylic acids is 1. The fourth-order valence-corrected chi connectivity index (χ4v) is 1.72. The summed E-state index contributed by atoms with van der Waals surface area (Å²) in [6.07, 6.45) is -2.51. The van der Waals surface area contributed by atoms with Crippen LogP contribution in [0.1, 0.15) is 15.9 Å². The van der Waals surface area contributed by atoms with Crippen molar-refractivity contribution in [3.05, 3.63) is 65.1 Å². The maximum absolute atomic E-state index is 12.3. The third-order valence-electron chi connectivity index (χ3n) is 2.70. The first-order valence-electron chi connectivity index (χ1n) is 6.16. The fourth-order valence-electron chi connectivity index (χ4n) is 1.72. The molecular formula is C14H11F3N2O3. The average Bonchev–Trinajstić information content (AvgIpc) is 2.45. The van der Waals surface area contributed by atoms with Crippen LogP contribution in [0.2, 0.25) is 0 Å². The van der Waals surface area contributed by atoms with Crippen molar-refractivity contribution >= 4 is 5.91 Å². The van der Waals surface area contributed by atoms with Crippen molar-refractivity contribution in [2.75, 3.05) is 0 Å². The zero-order valence-corrected chi connectivity index (χ0v) is 11.1. The van der Waals surface area contributed by atoms with Gasteiger partial charge in [-0.1, -0.05) is 18.2 Å². The minimum absolute atomic E-state index is 0.142. The summed E-state index contributed by atoms with van der Waals surface area (Å²) in [5.41, 5.74) is 0.407. The second kappa shape index (κ2) is 6.33. The van der Waals surface area contributed by atoms with Crippen LogP contribution in [-0.2, 0) is 6.54 Å². The molecule has 0 saturated carbocycles. The summed E-state index contributed by atoms with van der Waals surface area (Å²) in [5.74, 6) is -0.886. The van der Waals surface area contributed by atoms with E-state index in [1.54, 1.807) is 0 Å². The lowest BCUT2D eigenvalue weighted by molar-refractivity contribution is -0.605. The number of aromatic nitrogens is 1. The second-order valence-corrected chi connectivity index (χ2v) is 4.28. The van der Waals surface area contributed by atoms with Gasteiger partial charge < -0.3 is 15.3 Å². The molecule has 1 heterocycles. The van der Waals surface area contributed by atoms with Crippen LogP contribution in [0.15, 0.2) is 48.8 Å². The number of alkyl halides is 3. The second-order valence-electron chi connectivity index (χ2n) is 4.28. The Balaban J connectivity index is 2.05. The number of ether oxygens (including phenoxy) is 1.